The molecule has 5 nitrogen and oxygen atoms in total. The molecule has 30 heavy (non-hydrogen) atoms. The second kappa shape index (κ2) is 9.01. The van der Waals surface area contributed by atoms with Gasteiger partial charge in [-0.05, 0) is 36.8 Å². The molecule has 5 heteroatoms. The van der Waals surface area contributed by atoms with Crippen LogP contribution >= 0.6 is 0 Å². The Balaban J connectivity index is 1.33. The molecule has 0 fully saturated rings. The van der Waals surface area contributed by atoms with E-state index in [2.05, 4.69) is 11.1 Å². The van der Waals surface area contributed by atoms with Crippen LogP contribution in [0.4, 0.5) is 0 Å². The number of carbonyl (C=O) groups is 1. The third-order valence-corrected chi connectivity index (χ3v) is 5.22. The number of aliphatic hydroxyl groups excluding tert-OH is 1. The number of aromatic amines is 1. The van der Waals surface area contributed by atoms with E-state index in [1.807, 2.05) is 67.6 Å². The minimum absolute atomic E-state index is 0.0351. The molecule has 154 valence electrons. The van der Waals surface area contributed by atoms with E-state index in [4.69, 9.17) is 9.47 Å². The van der Waals surface area contributed by atoms with Crippen LogP contribution in [-0.4, -0.2) is 35.7 Å². The Hall–Kier alpha value is -3.31. The number of hydrogen-bond acceptors (Lipinski definition) is 4. The Morgan fingerprint density at radius 3 is 2.57 bits per heavy atom. The van der Waals surface area contributed by atoms with Crippen molar-refractivity contribution in [1.82, 2.24) is 4.98 Å². The zero-order valence-electron chi connectivity index (χ0n) is 16.9. The molecule has 1 aromatic heterocycles. The van der Waals surface area contributed by atoms with Crippen LogP contribution in [0.25, 0.3) is 21.8 Å². The van der Waals surface area contributed by atoms with Crippen molar-refractivity contribution in [2.75, 3.05) is 19.8 Å². The smallest absolute Gasteiger partial charge is 0.170 e. The number of rotatable bonds is 9. The van der Waals surface area contributed by atoms with Crippen molar-refractivity contribution < 1.29 is 19.4 Å². The summed E-state index contributed by atoms with van der Waals surface area (Å²) < 4.78 is 11.5. The number of benzene rings is 3. The normalized spacial score (nSPS) is 12.2. The van der Waals surface area contributed by atoms with Gasteiger partial charge in [0, 0.05) is 41.3 Å². The number of nitrogens with one attached hydrogen (secondary N) is 1. The molecule has 4 aromatic rings. The summed E-state index contributed by atoms with van der Waals surface area (Å²) in [6.07, 6.45) is 0.205. The molecule has 1 heterocycles. The molecule has 1 unspecified atom stereocenters. The van der Waals surface area contributed by atoms with Gasteiger partial charge < -0.3 is 19.6 Å². The summed E-state index contributed by atoms with van der Waals surface area (Å²) in [7, 11) is 0. The third kappa shape index (κ3) is 4.47. The average Bonchev–Trinajstić information content (AvgIpc) is 3.14. The number of hydrogen-bond donors (Lipinski definition) is 2. The van der Waals surface area contributed by atoms with Crippen molar-refractivity contribution in [1.29, 1.82) is 0 Å². The first-order valence-electron chi connectivity index (χ1n) is 10.1. The molecule has 0 saturated heterocycles. The number of aryl methyl sites for hydroxylation is 1. The number of fused-ring (bicyclic) bond motifs is 3. The van der Waals surface area contributed by atoms with Crippen LogP contribution in [0.3, 0.4) is 0 Å². The van der Waals surface area contributed by atoms with Crippen LogP contribution in [0.1, 0.15) is 12.0 Å². The lowest BCUT2D eigenvalue weighted by molar-refractivity contribution is -0.122. The van der Waals surface area contributed by atoms with Gasteiger partial charge in [0.15, 0.2) is 5.78 Å². The van der Waals surface area contributed by atoms with E-state index in [-0.39, 0.29) is 37.9 Å². The quantitative estimate of drug-likeness (QED) is 0.427. The minimum atomic E-state index is -0.267. The largest absolute Gasteiger partial charge is 0.493 e. The Bertz CT molecular complexity index is 1160. The lowest BCUT2D eigenvalue weighted by atomic mass is 10.0. The van der Waals surface area contributed by atoms with Gasteiger partial charge in [0.05, 0.1) is 12.1 Å². The van der Waals surface area contributed by atoms with Gasteiger partial charge in [-0.25, -0.2) is 0 Å². The first kappa shape index (κ1) is 20.0. The van der Waals surface area contributed by atoms with E-state index in [9.17, 15) is 9.90 Å². The lowest BCUT2D eigenvalue weighted by Crippen LogP contribution is -2.23. The molecule has 0 saturated carbocycles. The van der Waals surface area contributed by atoms with Crippen molar-refractivity contribution >= 4 is 27.6 Å². The lowest BCUT2D eigenvalue weighted by Gasteiger charge is -2.16. The van der Waals surface area contributed by atoms with E-state index in [1.54, 1.807) is 0 Å². The molecular formula is C25H25NO4. The summed E-state index contributed by atoms with van der Waals surface area (Å²) in [6, 6.07) is 21.6. The number of Topliss-reactive ketones (excluding diaryl/α,β-unsaturated/α-hetero) is 1. The number of H-pyrrole nitrogens is 1. The average molecular weight is 403 g/mol. The van der Waals surface area contributed by atoms with Crippen molar-refractivity contribution in [3.63, 3.8) is 0 Å². The van der Waals surface area contributed by atoms with Gasteiger partial charge >= 0.3 is 0 Å². The highest BCUT2D eigenvalue weighted by Crippen LogP contribution is 2.28. The predicted octanol–water partition coefficient (Wildman–Crippen LogP) is 4.66. The number of para-hydroxylation sites is 2. The van der Waals surface area contributed by atoms with Crippen molar-refractivity contribution in [2.45, 2.75) is 13.3 Å². The monoisotopic (exact) mass is 403 g/mol. The van der Waals surface area contributed by atoms with Gasteiger partial charge in [-0.3, -0.25) is 4.79 Å². The molecule has 0 bridgehead atoms. The molecule has 2 N–H and O–H groups in total. The summed E-state index contributed by atoms with van der Waals surface area (Å²) in [5.41, 5.74) is 3.07. The number of ketones is 1. The molecule has 0 aliphatic rings. The second-order valence-electron chi connectivity index (χ2n) is 7.53. The predicted molar refractivity (Wildman–Crippen MR) is 118 cm³/mol. The molecular weight excluding hydrogens is 378 g/mol. The van der Waals surface area contributed by atoms with Gasteiger partial charge in [-0.15, -0.1) is 0 Å². The summed E-state index contributed by atoms with van der Waals surface area (Å²) >= 11 is 0. The second-order valence-corrected chi connectivity index (χ2v) is 7.53. The van der Waals surface area contributed by atoms with E-state index >= 15 is 0 Å². The fourth-order valence-electron chi connectivity index (χ4n) is 3.57. The van der Waals surface area contributed by atoms with Gasteiger partial charge in [0.2, 0.25) is 0 Å². The van der Waals surface area contributed by atoms with Crippen molar-refractivity contribution in [2.24, 2.45) is 5.92 Å². The Morgan fingerprint density at radius 1 is 0.967 bits per heavy atom. The van der Waals surface area contributed by atoms with Crippen LogP contribution in [0.2, 0.25) is 0 Å². The van der Waals surface area contributed by atoms with Gasteiger partial charge in [0.1, 0.15) is 18.1 Å². The third-order valence-electron chi connectivity index (χ3n) is 5.22. The Labute approximate surface area is 175 Å². The Morgan fingerprint density at radius 2 is 1.73 bits per heavy atom. The van der Waals surface area contributed by atoms with Gasteiger partial charge in [-0.1, -0.05) is 36.4 Å². The molecule has 4 rings (SSSR count). The number of aromatic nitrogens is 1. The highest BCUT2D eigenvalue weighted by molar-refractivity contribution is 6.07. The van der Waals surface area contributed by atoms with E-state index in [0.29, 0.717) is 5.75 Å². The molecule has 1 atom stereocenters. The first-order chi connectivity index (χ1) is 14.6. The maximum absolute atomic E-state index is 12.4. The summed E-state index contributed by atoms with van der Waals surface area (Å²) in [6.45, 7) is 2.10. The zero-order valence-corrected chi connectivity index (χ0v) is 16.9. The van der Waals surface area contributed by atoms with E-state index in [1.165, 1.54) is 0 Å². The summed E-state index contributed by atoms with van der Waals surface area (Å²) in [4.78, 5) is 15.7. The topological polar surface area (TPSA) is 71.6 Å². The fourth-order valence-corrected chi connectivity index (χ4v) is 3.57. The van der Waals surface area contributed by atoms with Crippen LogP contribution in [-0.2, 0) is 4.79 Å². The number of aliphatic hydroxyl groups is 1. The maximum Gasteiger partial charge on any atom is 0.170 e. The highest BCUT2D eigenvalue weighted by Gasteiger charge is 2.15. The van der Waals surface area contributed by atoms with Gasteiger partial charge in [0.25, 0.3) is 0 Å². The van der Waals surface area contributed by atoms with E-state index < -0.39 is 0 Å². The highest BCUT2D eigenvalue weighted by atomic mass is 16.5. The zero-order chi connectivity index (χ0) is 20.9. The Kier molecular flexibility index (Phi) is 6.00. The minimum Gasteiger partial charge on any atom is -0.493 e. The molecule has 0 amide bonds. The van der Waals surface area contributed by atoms with Crippen LogP contribution in [0.5, 0.6) is 11.5 Å². The maximum atomic E-state index is 12.4. The van der Waals surface area contributed by atoms with E-state index in [0.717, 1.165) is 33.1 Å². The van der Waals surface area contributed by atoms with Gasteiger partial charge in [-0.2, -0.15) is 0 Å². The molecule has 0 spiro atoms. The first-order valence-corrected chi connectivity index (χ1v) is 10.1. The molecule has 3 aromatic carbocycles. The summed E-state index contributed by atoms with van der Waals surface area (Å²) in [5.74, 6) is 1.07. The van der Waals surface area contributed by atoms with Crippen LogP contribution in [0, 0.1) is 12.8 Å². The number of ether oxygens (including phenoxy) is 2. The van der Waals surface area contributed by atoms with Crippen molar-refractivity contribution in [3.8, 4) is 11.5 Å². The number of carbonyl (C=O) groups excluding carboxylic acids is 1. The molecule has 0 radical (unpaired) electrons. The molecule has 0 aliphatic heterocycles. The standard InChI is InChI=1S/C25H25NO4/c1-17-6-2-5-9-25(17)30-15-18(14-27)12-19(28)16-29-20-10-11-22-21-7-3-4-8-23(21)26-24(22)13-20/h2-11,13,18,26-27H,12,14-16H2,1H3. The fraction of sp³-hybridized carbons (Fsp3) is 0.240. The van der Waals surface area contributed by atoms with Crippen molar-refractivity contribution in [3.05, 3.63) is 72.3 Å². The SMILES string of the molecule is Cc1ccccc1OCC(CO)CC(=O)COc1ccc2c(c1)[nH]c1ccccc12. The van der Waals surface area contributed by atoms with Crippen LogP contribution in [0.15, 0.2) is 66.7 Å². The van der Waals surface area contributed by atoms with Crippen LogP contribution < -0.4 is 9.47 Å². The molecule has 0 aliphatic carbocycles. The summed E-state index contributed by atoms with van der Waals surface area (Å²) in [5, 5.41) is 11.9.